The number of nitrogens with one attached hydrogen (secondary N) is 1. The van der Waals surface area contributed by atoms with Gasteiger partial charge >= 0.3 is 5.97 Å². The van der Waals surface area contributed by atoms with Gasteiger partial charge in [-0.2, -0.15) is 11.8 Å². The number of aromatic nitrogens is 2. The molecule has 0 spiro atoms. The number of imidazole rings is 1. The number of hydrogen-bond acceptors (Lipinski definition) is 4. The fraction of sp³-hybridized carbons (Fsp3) is 0.643. The Morgan fingerprint density at radius 1 is 1.43 bits per heavy atom. The van der Waals surface area contributed by atoms with Gasteiger partial charge in [0.05, 0.1) is 6.33 Å². The van der Waals surface area contributed by atoms with Crippen molar-refractivity contribution in [3.8, 4) is 0 Å². The highest BCUT2D eigenvalue weighted by Gasteiger charge is 2.21. The lowest BCUT2D eigenvalue weighted by atomic mass is 10.1. The van der Waals surface area contributed by atoms with Crippen LogP contribution in [0.3, 0.4) is 0 Å². The van der Waals surface area contributed by atoms with Crippen molar-refractivity contribution in [2.45, 2.75) is 44.7 Å². The number of carbonyl (C=O) groups excluding carboxylic acids is 1. The lowest BCUT2D eigenvalue weighted by molar-refractivity contribution is -0.142. The molecule has 0 fully saturated rings. The first-order valence-electron chi connectivity index (χ1n) is 7.07. The third kappa shape index (κ3) is 6.20. The van der Waals surface area contributed by atoms with Crippen LogP contribution in [0.25, 0.3) is 0 Å². The fourth-order valence-corrected chi connectivity index (χ4v) is 2.61. The number of hydrogen-bond donors (Lipinski definition) is 2. The van der Waals surface area contributed by atoms with Crippen molar-refractivity contribution in [1.29, 1.82) is 0 Å². The van der Waals surface area contributed by atoms with Gasteiger partial charge in [0.15, 0.2) is 0 Å². The van der Waals surface area contributed by atoms with Crippen molar-refractivity contribution in [1.82, 2.24) is 14.9 Å². The van der Waals surface area contributed by atoms with E-state index in [9.17, 15) is 9.59 Å². The van der Waals surface area contributed by atoms with Gasteiger partial charge in [0.25, 0.3) is 0 Å². The molecule has 6 nitrogen and oxygen atoms in total. The molecular weight excluding hydrogens is 290 g/mol. The van der Waals surface area contributed by atoms with Crippen LogP contribution in [0.2, 0.25) is 0 Å². The summed E-state index contributed by atoms with van der Waals surface area (Å²) in [5.41, 5.74) is 0. The summed E-state index contributed by atoms with van der Waals surface area (Å²) in [7, 11) is 0. The normalized spacial score (nSPS) is 13.6. The van der Waals surface area contributed by atoms with E-state index < -0.39 is 12.0 Å². The van der Waals surface area contributed by atoms with Gasteiger partial charge in [0.1, 0.15) is 6.04 Å². The average molecular weight is 313 g/mol. The first kappa shape index (κ1) is 17.6. The van der Waals surface area contributed by atoms with Crippen LogP contribution in [0.4, 0.5) is 0 Å². The molecule has 0 saturated carbocycles. The van der Waals surface area contributed by atoms with E-state index >= 15 is 0 Å². The number of nitrogens with zero attached hydrogens (tertiary/aromatic N) is 2. The maximum atomic E-state index is 12.1. The van der Waals surface area contributed by atoms with E-state index in [2.05, 4.69) is 17.2 Å². The van der Waals surface area contributed by atoms with Crippen LogP contribution < -0.4 is 5.32 Å². The molecule has 0 saturated heterocycles. The molecule has 0 radical (unpaired) electrons. The van der Waals surface area contributed by atoms with E-state index in [1.54, 1.807) is 24.3 Å². The van der Waals surface area contributed by atoms with Crippen LogP contribution in [0, 0.1) is 0 Å². The van der Waals surface area contributed by atoms with Gasteiger partial charge < -0.3 is 15.0 Å². The van der Waals surface area contributed by atoms with Crippen LogP contribution in [0.15, 0.2) is 18.7 Å². The Morgan fingerprint density at radius 2 is 2.19 bits per heavy atom. The van der Waals surface area contributed by atoms with Gasteiger partial charge in [0.2, 0.25) is 5.91 Å². The standard InChI is InChI=1S/C14H23N3O3S/c1-3-4-11(17-7-6-15-10-17)9-13(18)16-12(14(19)20)5-8-21-2/h6-7,10-12H,3-5,8-9H2,1-2H3,(H,16,18)(H,19,20)/t11?,12-/m1/s1. The summed E-state index contributed by atoms with van der Waals surface area (Å²) in [6.07, 6.45) is 9.62. The highest BCUT2D eigenvalue weighted by atomic mass is 32.2. The molecular formula is C14H23N3O3S. The second kappa shape index (κ2) is 9.44. The first-order chi connectivity index (χ1) is 10.1. The summed E-state index contributed by atoms with van der Waals surface area (Å²) in [4.78, 5) is 27.2. The minimum atomic E-state index is -0.980. The van der Waals surface area contributed by atoms with E-state index in [0.717, 1.165) is 12.8 Å². The summed E-state index contributed by atoms with van der Waals surface area (Å²) in [5.74, 6) is -0.500. The number of carboxylic acid groups (broad SMARTS) is 1. The average Bonchev–Trinajstić information content (AvgIpc) is 2.96. The predicted molar refractivity (Wildman–Crippen MR) is 83.4 cm³/mol. The number of rotatable bonds is 10. The van der Waals surface area contributed by atoms with Crippen molar-refractivity contribution in [2.75, 3.05) is 12.0 Å². The summed E-state index contributed by atoms with van der Waals surface area (Å²) < 4.78 is 1.90. The van der Waals surface area contributed by atoms with Crippen molar-refractivity contribution in [2.24, 2.45) is 0 Å². The van der Waals surface area contributed by atoms with E-state index in [1.807, 2.05) is 17.0 Å². The SMILES string of the molecule is CCCC(CC(=O)N[C@H](CCSC)C(=O)O)n1ccnc1. The maximum absolute atomic E-state index is 12.1. The molecule has 1 amide bonds. The molecule has 0 bridgehead atoms. The number of carbonyl (C=O) groups is 2. The summed E-state index contributed by atoms with van der Waals surface area (Å²) in [5, 5.41) is 11.7. The summed E-state index contributed by atoms with van der Waals surface area (Å²) in [6, 6.07) is -0.789. The molecule has 2 atom stereocenters. The fourth-order valence-electron chi connectivity index (χ4n) is 2.14. The molecule has 7 heteroatoms. The second-order valence-corrected chi connectivity index (χ2v) is 5.88. The Labute approximate surface area is 129 Å². The summed E-state index contributed by atoms with van der Waals surface area (Å²) >= 11 is 1.57. The molecule has 118 valence electrons. The van der Waals surface area contributed by atoms with Gasteiger partial charge in [-0.3, -0.25) is 4.79 Å². The van der Waals surface area contributed by atoms with Crippen LogP contribution in [-0.2, 0) is 9.59 Å². The largest absolute Gasteiger partial charge is 0.480 e. The number of thioether (sulfide) groups is 1. The van der Waals surface area contributed by atoms with E-state index in [4.69, 9.17) is 5.11 Å². The Bertz CT molecular complexity index is 437. The number of aliphatic carboxylic acids is 1. The van der Waals surface area contributed by atoms with E-state index in [1.165, 1.54) is 0 Å². The molecule has 0 aliphatic carbocycles. The Hall–Kier alpha value is -1.50. The van der Waals surface area contributed by atoms with Crippen LogP contribution in [0.5, 0.6) is 0 Å². The maximum Gasteiger partial charge on any atom is 0.326 e. The quantitative estimate of drug-likeness (QED) is 0.689. The molecule has 1 aromatic rings. The zero-order chi connectivity index (χ0) is 15.7. The van der Waals surface area contributed by atoms with E-state index in [-0.39, 0.29) is 18.4 Å². The Morgan fingerprint density at radius 3 is 2.71 bits per heavy atom. The number of amides is 1. The first-order valence-corrected chi connectivity index (χ1v) is 8.46. The molecule has 1 rings (SSSR count). The van der Waals surface area contributed by atoms with Crippen LogP contribution in [0.1, 0.15) is 38.6 Å². The number of carboxylic acids is 1. The molecule has 1 unspecified atom stereocenters. The summed E-state index contributed by atoms with van der Waals surface area (Å²) in [6.45, 7) is 2.06. The van der Waals surface area contributed by atoms with Crippen LogP contribution in [-0.4, -0.2) is 44.6 Å². The molecule has 21 heavy (non-hydrogen) atoms. The lowest BCUT2D eigenvalue weighted by Gasteiger charge is -2.19. The minimum absolute atomic E-state index is 0.0208. The highest BCUT2D eigenvalue weighted by molar-refractivity contribution is 7.98. The van der Waals surface area contributed by atoms with Crippen molar-refractivity contribution < 1.29 is 14.7 Å². The molecule has 1 heterocycles. The van der Waals surface area contributed by atoms with Crippen molar-refractivity contribution in [3.05, 3.63) is 18.7 Å². The zero-order valence-corrected chi connectivity index (χ0v) is 13.3. The van der Waals surface area contributed by atoms with E-state index in [0.29, 0.717) is 12.2 Å². The zero-order valence-electron chi connectivity index (χ0n) is 12.5. The van der Waals surface area contributed by atoms with Gasteiger partial charge in [-0.05, 0) is 24.9 Å². The van der Waals surface area contributed by atoms with Crippen molar-refractivity contribution in [3.63, 3.8) is 0 Å². The Kier molecular flexibility index (Phi) is 7.89. The third-order valence-electron chi connectivity index (χ3n) is 3.23. The predicted octanol–water partition coefficient (Wildman–Crippen LogP) is 1.94. The molecule has 0 aliphatic heterocycles. The molecule has 0 aliphatic rings. The van der Waals surface area contributed by atoms with Gasteiger partial charge in [0, 0.05) is 24.9 Å². The van der Waals surface area contributed by atoms with Gasteiger partial charge in [-0.1, -0.05) is 13.3 Å². The second-order valence-electron chi connectivity index (χ2n) is 4.90. The molecule has 2 N–H and O–H groups in total. The molecule has 0 aromatic carbocycles. The molecule has 1 aromatic heterocycles. The minimum Gasteiger partial charge on any atom is -0.480 e. The third-order valence-corrected chi connectivity index (χ3v) is 3.88. The van der Waals surface area contributed by atoms with Gasteiger partial charge in [-0.25, -0.2) is 9.78 Å². The monoisotopic (exact) mass is 313 g/mol. The lowest BCUT2D eigenvalue weighted by Crippen LogP contribution is -2.41. The Balaban J connectivity index is 2.58. The smallest absolute Gasteiger partial charge is 0.326 e. The highest BCUT2D eigenvalue weighted by Crippen LogP contribution is 2.17. The topological polar surface area (TPSA) is 84.2 Å². The van der Waals surface area contributed by atoms with Crippen molar-refractivity contribution >= 4 is 23.6 Å². The van der Waals surface area contributed by atoms with Gasteiger partial charge in [-0.15, -0.1) is 0 Å². The van der Waals surface area contributed by atoms with Crippen LogP contribution >= 0.6 is 11.8 Å².